The van der Waals surface area contributed by atoms with Gasteiger partial charge in [-0.25, -0.2) is 4.39 Å². The lowest BCUT2D eigenvalue weighted by Gasteiger charge is -2.28. The van der Waals surface area contributed by atoms with E-state index in [1.807, 2.05) is 13.8 Å². The molecule has 1 aromatic rings. The minimum atomic E-state index is -1.07. The molecule has 1 saturated carbocycles. The van der Waals surface area contributed by atoms with Crippen LogP contribution in [-0.4, -0.2) is 28.8 Å². The second kappa shape index (κ2) is 5.97. The molecule has 2 rings (SSSR count). The van der Waals surface area contributed by atoms with Crippen LogP contribution < -0.4 is 10.1 Å². The number of ether oxygens (including phenoxy) is 1. The molecule has 1 aliphatic rings. The maximum absolute atomic E-state index is 13.6. The van der Waals surface area contributed by atoms with Gasteiger partial charge in [0.2, 0.25) is 5.82 Å². The van der Waals surface area contributed by atoms with E-state index in [4.69, 9.17) is 4.74 Å². The smallest absolute Gasteiger partial charge is 0.324 e. The van der Waals surface area contributed by atoms with Crippen LogP contribution in [0.15, 0.2) is 18.2 Å². The molecule has 0 aromatic heterocycles. The molecule has 21 heavy (non-hydrogen) atoms. The molecule has 0 amide bonds. The van der Waals surface area contributed by atoms with E-state index >= 15 is 0 Å². The summed E-state index contributed by atoms with van der Waals surface area (Å²) in [6, 6.07) is 3.72. The minimum absolute atomic E-state index is 0.00533. The van der Waals surface area contributed by atoms with E-state index in [1.165, 1.54) is 12.1 Å². The van der Waals surface area contributed by atoms with Gasteiger partial charge in [-0.2, -0.15) is 4.39 Å². The molecule has 2 unspecified atom stereocenters. The van der Waals surface area contributed by atoms with Gasteiger partial charge < -0.3 is 9.84 Å². The number of carboxylic acid groups (broad SMARTS) is 1. The van der Waals surface area contributed by atoms with Crippen molar-refractivity contribution in [2.24, 2.45) is 0 Å². The standard InChI is InChI=1S/C15H19F2NO3/c1-9(2)18-15(14(19)20)7-6-10(8-15)21-12-5-3-4-11(16)13(12)17/h3-5,9-10,18H,6-8H2,1-2H3,(H,19,20). The van der Waals surface area contributed by atoms with Gasteiger partial charge in [0, 0.05) is 12.5 Å². The molecule has 2 atom stereocenters. The number of benzene rings is 1. The van der Waals surface area contributed by atoms with Crippen molar-refractivity contribution < 1.29 is 23.4 Å². The summed E-state index contributed by atoms with van der Waals surface area (Å²) in [5, 5.41) is 12.5. The molecule has 2 N–H and O–H groups in total. The summed E-state index contributed by atoms with van der Waals surface area (Å²) in [6.45, 7) is 3.73. The molecule has 0 saturated heterocycles. The Balaban J connectivity index is 2.11. The normalized spacial score (nSPS) is 25.3. The Hall–Kier alpha value is -1.69. The average molecular weight is 299 g/mol. The fraction of sp³-hybridized carbons (Fsp3) is 0.533. The van der Waals surface area contributed by atoms with Crippen molar-refractivity contribution >= 4 is 5.97 Å². The molecule has 6 heteroatoms. The van der Waals surface area contributed by atoms with Crippen molar-refractivity contribution in [3.63, 3.8) is 0 Å². The molecule has 116 valence electrons. The maximum Gasteiger partial charge on any atom is 0.324 e. The third-order valence-electron chi connectivity index (χ3n) is 3.65. The number of hydrogen-bond donors (Lipinski definition) is 2. The highest BCUT2D eigenvalue weighted by molar-refractivity contribution is 5.79. The van der Waals surface area contributed by atoms with Gasteiger partial charge in [0.1, 0.15) is 11.6 Å². The Morgan fingerprint density at radius 2 is 2.19 bits per heavy atom. The number of rotatable bonds is 5. The minimum Gasteiger partial charge on any atom is -0.487 e. The van der Waals surface area contributed by atoms with Crippen LogP contribution in [0.4, 0.5) is 8.78 Å². The molecule has 0 bridgehead atoms. The predicted octanol–water partition coefficient (Wildman–Crippen LogP) is 2.72. The fourth-order valence-electron chi connectivity index (χ4n) is 2.80. The zero-order valence-electron chi connectivity index (χ0n) is 12.0. The molecule has 1 aliphatic carbocycles. The molecule has 1 aromatic carbocycles. The van der Waals surface area contributed by atoms with Crippen molar-refractivity contribution in [1.82, 2.24) is 5.32 Å². The average Bonchev–Trinajstić information content (AvgIpc) is 2.79. The molecule has 0 heterocycles. The van der Waals surface area contributed by atoms with Crippen molar-refractivity contribution in [1.29, 1.82) is 0 Å². The molecule has 0 spiro atoms. The third kappa shape index (κ3) is 3.32. The summed E-state index contributed by atoms with van der Waals surface area (Å²) >= 11 is 0. The summed E-state index contributed by atoms with van der Waals surface area (Å²) in [5.41, 5.74) is -1.07. The molecule has 0 radical (unpaired) electrons. The first-order valence-electron chi connectivity index (χ1n) is 6.96. The van der Waals surface area contributed by atoms with Crippen molar-refractivity contribution in [3.05, 3.63) is 29.8 Å². The summed E-state index contributed by atoms with van der Waals surface area (Å²) in [6.07, 6.45) is 0.629. The van der Waals surface area contributed by atoms with Gasteiger partial charge in [-0.05, 0) is 38.8 Å². The number of halogens is 2. The molecule has 0 aliphatic heterocycles. The Bertz CT molecular complexity index is 536. The Morgan fingerprint density at radius 1 is 1.48 bits per heavy atom. The highest BCUT2D eigenvalue weighted by atomic mass is 19.2. The van der Waals surface area contributed by atoms with Crippen LogP contribution in [0.2, 0.25) is 0 Å². The van der Waals surface area contributed by atoms with Gasteiger partial charge >= 0.3 is 5.97 Å². The monoisotopic (exact) mass is 299 g/mol. The number of aliphatic carboxylic acids is 1. The summed E-state index contributed by atoms with van der Waals surface area (Å²) in [4.78, 5) is 11.5. The lowest BCUT2D eigenvalue weighted by atomic mass is 9.96. The zero-order chi connectivity index (χ0) is 15.6. The third-order valence-corrected chi connectivity index (χ3v) is 3.65. The zero-order valence-corrected chi connectivity index (χ0v) is 12.0. The van der Waals surface area contributed by atoms with Crippen molar-refractivity contribution in [2.75, 3.05) is 0 Å². The first kappa shape index (κ1) is 15.7. The lowest BCUT2D eigenvalue weighted by Crippen LogP contribution is -2.53. The Labute approximate surface area is 122 Å². The molecule has 4 nitrogen and oxygen atoms in total. The van der Waals surface area contributed by atoms with Gasteiger partial charge in [-0.1, -0.05) is 6.07 Å². The SMILES string of the molecule is CC(C)NC1(C(=O)O)CCC(Oc2cccc(F)c2F)C1. The van der Waals surface area contributed by atoms with Gasteiger partial charge in [0.05, 0.1) is 0 Å². The van der Waals surface area contributed by atoms with Crippen LogP contribution in [0.25, 0.3) is 0 Å². The van der Waals surface area contributed by atoms with E-state index < -0.39 is 29.2 Å². The van der Waals surface area contributed by atoms with Gasteiger partial charge in [0.15, 0.2) is 11.6 Å². The van der Waals surface area contributed by atoms with E-state index in [1.54, 1.807) is 0 Å². The number of hydrogen-bond acceptors (Lipinski definition) is 3. The number of carbonyl (C=O) groups is 1. The predicted molar refractivity (Wildman–Crippen MR) is 73.3 cm³/mol. The summed E-state index contributed by atoms with van der Waals surface area (Å²) in [5.74, 6) is -3.13. The molecule has 1 fully saturated rings. The molecular weight excluding hydrogens is 280 g/mol. The van der Waals surface area contributed by atoms with Crippen LogP contribution >= 0.6 is 0 Å². The van der Waals surface area contributed by atoms with Crippen LogP contribution in [0.1, 0.15) is 33.1 Å². The molecular formula is C15H19F2NO3. The quantitative estimate of drug-likeness (QED) is 0.877. The van der Waals surface area contributed by atoms with E-state index in [-0.39, 0.29) is 18.2 Å². The van der Waals surface area contributed by atoms with Crippen molar-refractivity contribution in [2.45, 2.75) is 50.8 Å². The lowest BCUT2D eigenvalue weighted by molar-refractivity contribution is -0.145. The van der Waals surface area contributed by atoms with Gasteiger partial charge in [-0.15, -0.1) is 0 Å². The maximum atomic E-state index is 13.6. The van der Waals surface area contributed by atoms with Crippen molar-refractivity contribution in [3.8, 4) is 5.75 Å². The van der Waals surface area contributed by atoms with Crippen LogP contribution in [-0.2, 0) is 4.79 Å². The van der Waals surface area contributed by atoms with Gasteiger partial charge in [0.25, 0.3) is 0 Å². The first-order valence-corrected chi connectivity index (χ1v) is 6.96. The summed E-state index contributed by atoms with van der Waals surface area (Å²) < 4.78 is 32.2. The van der Waals surface area contributed by atoms with E-state index in [0.717, 1.165) is 6.07 Å². The van der Waals surface area contributed by atoms with E-state index in [2.05, 4.69) is 5.32 Å². The topological polar surface area (TPSA) is 58.6 Å². The Kier molecular flexibility index (Phi) is 4.46. The first-order chi connectivity index (χ1) is 9.84. The largest absolute Gasteiger partial charge is 0.487 e. The van der Waals surface area contributed by atoms with Crippen LogP contribution in [0.5, 0.6) is 5.75 Å². The number of carboxylic acids is 1. The number of nitrogens with one attached hydrogen (secondary N) is 1. The van der Waals surface area contributed by atoms with E-state index in [9.17, 15) is 18.7 Å². The highest BCUT2D eigenvalue weighted by Gasteiger charge is 2.46. The summed E-state index contributed by atoms with van der Waals surface area (Å²) in [7, 11) is 0. The second-order valence-corrected chi connectivity index (χ2v) is 5.72. The van der Waals surface area contributed by atoms with E-state index in [0.29, 0.717) is 12.8 Å². The van der Waals surface area contributed by atoms with Crippen LogP contribution in [0, 0.1) is 11.6 Å². The Morgan fingerprint density at radius 3 is 2.81 bits per heavy atom. The second-order valence-electron chi connectivity index (χ2n) is 5.72. The van der Waals surface area contributed by atoms with Crippen LogP contribution in [0.3, 0.4) is 0 Å². The van der Waals surface area contributed by atoms with Gasteiger partial charge in [-0.3, -0.25) is 10.1 Å². The highest BCUT2D eigenvalue weighted by Crippen LogP contribution is 2.34. The fourth-order valence-corrected chi connectivity index (χ4v) is 2.80.